The predicted molar refractivity (Wildman–Crippen MR) is 81.1 cm³/mol. The monoisotopic (exact) mass is 291 g/mol. The Balaban J connectivity index is 1.89. The molecule has 0 radical (unpaired) electrons. The van der Waals surface area contributed by atoms with Gasteiger partial charge in [-0.3, -0.25) is 0 Å². The number of halogens is 1. The molecule has 0 spiro atoms. The lowest BCUT2D eigenvalue weighted by atomic mass is 10.1. The molecule has 0 aliphatic heterocycles. The van der Waals surface area contributed by atoms with Crippen LogP contribution in [-0.2, 0) is 6.54 Å². The number of aliphatic hydroxyl groups excluding tert-OH is 1. The lowest BCUT2D eigenvalue weighted by Crippen LogP contribution is -2.21. The van der Waals surface area contributed by atoms with Crippen molar-refractivity contribution in [3.05, 3.63) is 64.7 Å². The van der Waals surface area contributed by atoms with E-state index in [0.717, 1.165) is 21.9 Å². The summed E-state index contributed by atoms with van der Waals surface area (Å²) < 4.78 is 5.15. The highest BCUT2D eigenvalue weighted by atomic mass is 35.5. The highest BCUT2D eigenvalue weighted by molar-refractivity contribution is 6.31. The predicted octanol–water partition coefficient (Wildman–Crippen LogP) is 3.17. The molecule has 2 aromatic carbocycles. The summed E-state index contributed by atoms with van der Waals surface area (Å²) in [6.07, 6.45) is -0.576. The normalized spacial score (nSPS) is 12.2. The first kappa shape index (κ1) is 14.9. The van der Waals surface area contributed by atoms with Gasteiger partial charge in [0, 0.05) is 18.1 Å². The van der Waals surface area contributed by atoms with Crippen LogP contribution in [0.1, 0.15) is 17.2 Å². The molecule has 4 heteroatoms. The number of ether oxygens (including phenoxy) is 1. The van der Waals surface area contributed by atoms with Gasteiger partial charge in [-0.05, 0) is 29.3 Å². The van der Waals surface area contributed by atoms with Gasteiger partial charge in [0.25, 0.3) is 0 Å². The quantitative estimate of drug-likeness (QED) is 0.859. The van der Waals surface area contributed by atoms with Gasteiger partial charge in [-0.15, -0.1) is 0 Å². The van der Waals surface area contributed by atoms with E-state index in [4.69, 9.17) is 16.3 Å². The summed E-state index contributed by atoms with van der Waals surface area (Å²) in [7, 11) is 1.61. The average molecular weight is 292 g/mol. The van der Waals surface area contributed by atoms with E-state index in [2.05, 4.69) is 5.32 Å². The number of benzene rings is 2. The van der Waals surface area contributed by atoms with Crippen molar-refractivity contribution in [1.82, 2.24) is 5.32 Å². The SMILES string of the molecule is COc1cccc(C(O)CNCc2ccccc2Cl)c1. The van der Waals surface area contributed by atoms with Crippen LogP contribution in [0.25, 0.3) is 0 Å². The van der Waals surface area contributed by atoms with Crippen molar-refractivity contribution in [3.8, 4) is 5.75 Å². The Hall–Kier alpha value is -1.55. The first-order valence-corrected chi connectivity index (χ1v) is 6.84. The second kappa shape index (κ2) is 7.29. The molecule has 0 bridgehead atoms. The molecule has 0 heterocycles. The third-order valence-electron chi connectivity index (χ3n) is 3.09. The molecule has 0 aromatic heterocycles. The summed E-state index contributed by atoms with van der Waals surface area (Å²) in [6.45, 7) is 1.08. The summed E-state index contributed by atoms with van der Waals surface area (Å²) in [5.74, 6) is 0.743. The lowest BCUT2D eigenvalue weighted by molar-refractivity contribution is 0.174. The summed E-state index contributed by atoms with van der Waals surface area (Å²) in [5, 5.41) is 14.1. The summed E-state index contributed by atoms with van der Waals surface area (Å²) in [6, 6.07) is 15.1. The van der Waals surface area contributed by atoms with Crippen LogP contribution in [0.3, 0.4) is 0 Å². The first-order valence-electron chi connectivity index (χ1n) is 6.47. The largest absolute Gasteiger partial charge is 0.497 e. The summed E-state index contributed by atoms with van der Waals surface area (Å²) in [5.41, 5.74) is 1.85. The number of nitrogens with one attached hydrogen (secondary N) is 1. The number of aliphatic hydroxyl groups is 1. The van der Waals surface area contributed by atoms with Gasteiger partial charge in [-0.1, -0.05) is 41.9 Å². The Kier molecular flexibility index (Phi) is 5.41. The molecule has 106 valence electrons. The zero-order chi connectivity index (χ0) is 14.4. The number of methoxy groups -OCH3 is 1. The molecule has 0 saturated heterocycles. The van der Waals surface area contributed by atoms with Gasteiger partial charge in [0.1, 0.15) is 5.75 Å². The van der Waals surface area contributed by atoms with Gasteiger partial charge in [0.15, 0.2) is 0 Å². The second-order valence-corrected chi connectivity index (χ2v) is 4.92. The van der Waals surface area contributed by atoms with E-state index in [0.29, 0.717) is 13.1 Å². The third kappa shape index (κ3) is 3.97. The topological polar surface area (TPSA) is 41.5 Å². The van der Waals surface area contributed by atoms with Gasteiger partial charge in [0.2, 0.25) is 0 Å². The maximum atomic E-state index is 10.1. The Labute approximate surface area is 124 Å². The van der Waals surface area contributed by atoms with Crippen molar-refractivity contribution in [2.45, 2.75) is 12.6 Å². The van der Waals surface area contributed by atoms with Gasteiger partial charge < -0.3 is 15.2 Å². The van der Waals surface area contributed by atoms with E-state index in [1.807, 2.05) is 48.5 Å². The van der Waals surface area contributed by atoms with Crippen LogP contribution in [0.4, 0.5) is 0 Å². The van der Waals surface area contributed by atoms with E-state index >= 15 is 0 Å². The van der Waals surface area contributed by atoms with Crippen molar-refractivity contribution >= 4 is 11.6 Å². The molecule has 2 rings (SSSR count). The van der Waals surface area contributed by atoms with Crippen LogP contribution in [-0.4, -0.2) is 18.8 Å². The van der Waals surface area contributed by atoms with E-state index < -0.39 is 6.10 Å². The molecular weight excluding hydrogens is 274 g/mol. The lowest BCUT2D eigenvalue weighted by Gasteiger charge is -2.13. The maximum Gasteiger partial charge on any atom is 0.119 e. The molecule has 0 fully saturated rings. The molecular formula is C16H18ClNO2. The van der Waals surface area contributed by atoms with Crippen LogP contribution in [0.15, 0.2) is 48.5 Å². The fourth-order valence-electron chi connectivity index (χ4n) is 1.95. The van der Waals surface area contributed by atoms with Gasteiger partial charge >= 0.3 is 0 Å². The van der Waals surface area contributed by atoms with Crippen LogP contribution < -0.4 is 10.1 Å². The third-order valence-corrected chi connectivity index (χ3v) is 3.46. The smallest absolute Gasteiger partial charge is 0.119 e. The van der Waals surface area contributed by atoms with Gasteiger partial charge in [0.05, 0.1) is 13.2 Å². The highest BCUT2D eigenvalue weighted by Crippen LogP contribution is 2.19. The maximum absolute atomic E-state index is 10.1. The standard InChI is InChI=1S/C16H18ClNO2/c1-20-14-7-4-6-12(9-14)16(19)11-18-10-13-5-2-3-8-15(13)17/h2-9,16,18-19H,10-11H2,1H3. The Morgan fingerprint density at radius 2 is 2.00 bits per heavy atom. The average Bonchev–Trinajstić information content (AvgIpc) is 2.49. The van der Waals surface area contributed by atoms with E-state index in [1.165, 1.54) is 0 Å². The fraction of sp³-hybridized carbons (Fsp3) is 0.250. The molecule has 0 saturated carbocycles. The number of rotatable bonds is 6. The number of hydrogen-bond donors (Lipinski definition) is 2. The molecule has 0 amide bonds. The Morgan fingerprint density at radius 1 is 1.20 bits per heavy atom. The molecule has 1 atom stereocenters. The van der Waals surface area contributed by atoms with E-state index in [9.17, 15) is 5.11 Å². The molecule has 0 aliphatic carbocycles. The van der Waals surface area contributed by atoms with E-state index in [-0.39, 0.29) is 0 Å². The minimum Gasteiger partial charge on any atom is -0.497 e. The second-order valence-electron chi connectivity index (χ2n) is 4.51. The van der Waals surface area contributed by atoms with Crippen LogP contribution in [0, 0.1) is 0 Å². The first-order chi connectivity index (χ1) is 9.70. The number of hydrogen-bond acceptors (Lipinski definition) is 3. The van der Waals surface area contributed by atoms with Gasteiger partial charge in [-0.2, -0.15) is 0 Å². The minimum absolute atomic E-state index is 0.457. The summed E-state index contributed by atoms with van der Waals surface area (Å²) in [4.78, 5) is 0. The molecule has 1 unspecified atom stereocenters. The molecule has 2 N–H and O–H groups in total. The van der Waals surface area contributed by atoms with Crippen molar-refractivity contribution < 1.29 is 9.84 Å². The highest BCUT2D eigenvalue weighted by Gasteiger charge is 2.08. The molecule has 20 heavy (non-hydrogen) atoms. The van der Waals surface area contributed by atoms with Crippen molar-refractivity contribution in [1.29, 1.82) is 0 Å². The summed E-state index contributed by atoms with van der Waals surface area (Å²) >= 11 is 6.08. The molecule has 0 aliphatic rings. The fourth-order valence-corrected chi connectivity index (χ4v) is 2.15. The molecule has 3 nitrogen and oxygen atoms in total. The van der Waals surface area contributed by atoms with Crippen LogP contribution in [0.2, 0.25) is 5.02 Å². The van der Waals surface area contributed by atoms with E-state index in [1.54, 1.807) is 7.11 Å². The zero-order valence-electron chi connectivity index (χ0n) is 11.3. The van der Waals surface area contributed by atoms with Gasteiger partial charge in [-0.25, -0.2) is 0 Å². The van der Waals surface area contributed by atoms with Crippen molar-refractivity contribution in [3.63, 3.8) is 0 Å². The Morgan fingerprint density at radius 3 is 2.75 bits per heavy atom. The van der Waals surface area contributed by atoms with Crippen molar-refractivity contribution in [2.75, 3.05) is 13.7 Å². The zero-order valence-corrected chi connectivity index (χ0v) is 12.1. The minimum atomic E-state index is -0.576. The molecule has 2 aromatic rings. The van der Waals surface area contributed by atoms with Crippen LogP contribution >= 0.6 is 11.6 Å². The Bertz CT molecular complexity index is 560. The van der Waals surface area contributed by atoms with Crippen LogP contribution in [0.5, 0.6) is 5.75 Å². The van der Waals surface area contributed by atoms with Crippen molar-refractivity contribution in [2.24, 2.45) is 0 Å².